The van der Waals surface area contributed by atoms with Crippen LogP contribution < -0.4 is 14.2 Å². The highest BCUT2D eigenvalue weighted by molar-refractivity contribution is 6.46. The third kappa shape index (κ3) is 3.05. The molecule has 2 aromatic carbocycles. The summed E-state index contributed by atoms with van der Waals surface area (Å²) in [4.78, 5) is 26.4. The van der Waals surface area contributed by atoms with Crippen molar-refractivity contribution in [2.75, 3.05) is 28.4 Å². The van der Waals surface area contributed by atoms with Gasteiger partial charge in [-0.25, -0.2) is 0 Å². The predicted octanol–water partition coefficient (Wildman–Crippen LogP) is 2.76. The van der Waals surface area contributed by atoms with Crippen LogP contribution in [0.2, 0.25) is 0 Å². The lowest BCUT2D eigenvalue weighted by molar-refractivity contribution is -0.139. The average molecular weight is 383 g/mol. The molecule has 3 rings (SSSR count). The first-order valence-corrected chi connectivity index (χ1v) is 8.54. The number of hydrogen-bond acceptors (Lipinski definition) is 6. The molecule has 1 fully saturated rings. The fourth-order valence-electron chi connectivity index (χ4n) is 3.34. The Morgan fingerprint density at radius 1 is 0.929 bits per heavy atom. The molecule has 1 heterocycles. The molecule has 0 saturated carbocycles. The van der Waals surface area contributed by atoms with Crippen molar-refractivity contribution in [3.63, 3.8) is 0 Å². The lowest BCUT2D eigenvalue weighted by Gasteiger charge is -2.23. The van der Waals surface area contributed by atoms with E-state index in [1.54, 1.807) is 42.5 Å². The quantitative estimate of drug-likeness (QED) is 0.485. The van der Waals surface area contributed by atoms with Gasteiger partial charge in [0.15, 0.2) is 11.5 Å². The topological polar surface area (TPSA) is 85.3 Å². The van der Waals surface area contributed by atoms with Crippen molar-refractivity contribution in [3.8, 4) is 17.2 Å². The van der Waals surface area contributed by atoms with Gasteiger partial charge >= 0.3 is 0 Å². The van der Waals surface area contributed by atoms with E-state index in [1.165, 1.54) is 33.3 Å². The van der Waals surface area contributed by atoms with Gasteiger partial charge in [0, 0.05) is 18.2 Å². The minimum absolute atomic E-state index is 0.00998. The number of methoxy groups -OCH3 is 3. The van der Waals surface area contributed by atoms with E-state index in [9.17, 15) is 14.7 Å². The third-order valence-corrected chi connectivity index (χ3v) is 4.77. The summed E-state index contributed by atoms with van der Waals surface area (Å²) in [6.45, 7) is 0. The lowest BCUT2D eigenvalue weighted by Crippen LogP contribution is -2.25. The van der Waals surface area contributed by atoms with E-state index in [0.29, 0.717) is 28.4 Å². The van der Waals surface area contributed by atoms with Crippen molar-refractivity contribution in [3.05, 3.63) is 59.2 Å². The Balaban J connectivity index is 2.21. The summed E-state index contributed by atoms with van der Waals surface area (Å²) in [6.07, 6.45) is 0. The Morgan fingerprint density at radius 2 is 1.57 bits per heavy atom. The van der Waals surface area contributed by atoms with Crippen LogP contribution in [0.3, 0.4) is 0 Å². The number of aliphatic hydroxyl groups is 1. The van der Waals surface area contributed by atoms with Crippen LogP contribution in [0, 0.1) is 0 Å². The number of ketones is 1. The zero-order valence-corrected chi connectivity index (χ0v) is 16.1. The molecule has 146 valence electrons. The second kappa shape index (κ2) is 7.64. The number of hydrogen-bond donors (Lipinski definition) is 1. The number of Topliss-reactive ketones (excluding diaryl/α,β-unsaturated/α-hetero) is 1. The number of carbonyl (C=O) groups excluding carboxylic acids is 2. The minimum atomic E-state index is -0.774. The van der Waals surface area contributed by atoms with Crippen molar-refractivity contribution in [2.24, 2.45) is 0 Å². The second-order valence-electron chi connectivity index (χ2n) is 6.22. The van der Waals surface area contributed by atoms with Gasteiger partial charge in [-0.1, -0.05) is 18.2 Å². The zero-order chi connectivity index (χ0) is 20.4. The van der Waals surface area contributed by atoms with Gasteiger partial charge in [-0.05, 0) is 24.3 Å². The van der Waals surface area contributed by atoms with Gasteiger partial charge in [0.05, 0.1) is 32.9 Å². The number of nitrogens with zero attached hydrogens (tertiary/aromatic N) is 1. The molecule has 7 heteroatoms. The highest BCUT2D eigenvalue weighted by Gasteiger charge is 2.45. The smallest absolute Gasteiger partial charge is 0.295 e. The molecule has 2 aromatic rings. The molecule has 0 radical (unpaired) electrons. The molecule has 1 aliphatic heterocycles. The molecule has 1 aliphatic rings. The van der Waals surface area contributed by atoms with Gasteiger partial charge in [-0.15, -0.1) is 0 Å². The van der Waals surface area contributed by atoms with Crippen molar-refractivity contribution < 1.29 is 28.9 Å². The van der Waals surface area contributed by atoms with E-state index in [4.69, 9.17) is 14.2 Å². The van der Waals surface area contributed by atoms with Crippen LogP contribution in [0.1, 0.15) is 17.2 Å². The largest absolute Gasteiger partial charge is 0.507 e. The Hall–Kier alpha value is -3.48. The molecule has 0 unspecified atom stereocenters. The van der Waals surface area contributed by atoms with Gasteiger partial charge in [0.1, 0.15) is 11.5 Å². The maximum atomic E-state index is 12.7. The summed E-state index contributed by atoms with van der Waals surface area (Å²) in [5.74, 6) is -0.356. The fourth-order valence-corrected chi connectivity index (χ4v) is 3.34. The minimum Gasteiger partial charge on any atom is -0.507 e. The van der Waals surface area contributed by atoms with Crippen LogP contribution in [0.15, 0.2) is 48.0 Å². The highest BCUT2D eigenvalue weighted by atomic mass is 16.5. The second-order valence-corrected chi connectivity index (χ2v) is 6.22. The van der Waals surface area contributed by atoms with E-state index in [2.05, 4.69) is 0 Å². The third-order valence-electron chi connectivity index (χ3n) is 4.77. The summed E-state index contributed by atoms with van der Waals surface area (Å²) in [5.41, 5.74) is 0.932. The van der Waals surface area contributed by atoms with Crippen LogP contribution in [-0.2, 0) is 9.59 Å². The van der Waals surface area contributed by atoms with E-state index in [-0.39, 0.29) is 11.3 Å². The molecule has 0 aliphatic carbocycles. The Labute approximate surface area is 162 Å². The Bertz CT molecular complexity index is 965. The number of benzene rings is 2. The predicted molar refractivity (Wildman–Crippen MR) is 103 cm³/mol. The maximum absolute atomic E-state index is 12.7. The van der Waals surface area contributed by atoms with Crippen LogP contribution in [-0.4, -0.2) is 50.1 Å². The van der Waals surface area contributed by atoms with E-state index < -0.39 is 17.7 Å². The fraction of sp³-hybridized carbons (Fsp3) is 0.238. The number of para-hydroxylation sites is 1. The van der Waals surface area contributed by atoms with E-state index >= 15 is 0 Å². The number of rotatable bonds is 5. The van der Waals surface area contributed by atoms with Crippen molar-refractivity contribution in [1.82, 2.24) is 4.90 Å². The first kappa shape index (κ1) is 19.3. The molecule has 0 aromatic heterocycles. The maximum Gasteiger partial charge on any atom is 0.295 e. The first-order valence-electron chi connectivity index (χ1n) is 8.54. The average Bonchev–Trinajstić information content (AvgIpc) is 2.96. The van der Waals surface area contributed by atoms with Crippen molar-refractivity contribution in [2.45, 2.75) is 6.04 Å². The number of carbonyl (C=O) groups is 2. The van der Waals surface area contributed by atoms with Crippen molar-refractivity contribution in [1.29, 1.82) is 0 Å². The molecular weight excluding hydrogens is 362 g/mol. The molecule has 1 atom stereocenters. The van der Waals surface area contributed by atoms with Crippen LogP contribution in [0.4, 0.5) is 0 Å². The van der Waals surface area contributed by atoms with Gasteiger partial charge in [-0.3, -0.25) is 9.59 Å². The molecule has 1 saturated heterocycles. The summed E-state index contributed by atoms with van der Waals surface area (Å²) in [5, 5.41) is 10.9. The number of aliphatic hydroxyl groups excluding tert-OH is 1. The van der Waals surface area contributed by atoms with Crippen LogP contribution in [0.5, 0.6) is 17.2 Å². The van der Waals surface area contributed by atoms with Gasteiger partial charge in [-0.2, -0.15) is 0 Å². The zero-order valence-electron chi connectivity index (χ0n) is 16.1. The number of likely N-dealkylation sites (N-methyl/N-ethyl adjacent to an activating group) is 1. The Morgan fingerprint density at radius 3 is 2.21 bits per heavy atom. The normalized spacial score (nSPS) is 18.3. The lowest BCUT2D eigenvalue weighted by atomic mass is 9.94. The van der Waals surface area contributed by atoms with Crippen molar-refractivity contribution >= 4 is 17.4 Å². The molecule has 1 amide bonds. The SMILES string of the molecule is COc1ccc(C(O)=C2C(=O)C(=O)N(C)[C@@H]2c2ccccc2OC)cc1OC. The molecule has 7 nitrogen and oxygen atoms in total. The summed E-state index contributed by atoms with van der Waals surface area (Å²) < 4.78 is 15.9. The number of ether oxygens (including phenoxy) is 3. The van der Waals surface area contributed by atoms with Crippen LogP contribution in [0.25, 0.3) is 5.76 Å². The summed E-state index contributed by atoms with van der Waals surface area (Å²) >= 11 is 0. The Kier molecular flexibility index (Phi) is 5.26. The first-order chi connectivity index (χ1) is 13.4. The number of likely N-dealkylation sites (tertiary alicyclic amines) is 1. The standard InChI is InChI=1S/C21H21NO6/c1-22-18(13-7-5-6-8-14(13)26-2)17(20(24)21(22)25)19(23)12-9-10-15(27-3)16(11-12)28-4/h5-11,18,23H,1-4H3/t18-/m1/s1. The van der Waals surface area contributed by atoms with Gasteiger partial charge in [0.2, 0.25) is 0 Å². The summed E-state index contributed by atoms with van der Waals surface area (Å²) in [7, 11) is 6.00. The van der Waals surface area contributed by atoms with Gasteiger partial charge < -0.3 is 24.2 Å². The molecule has 0 spiro atoms. The molecule has 1 N–H and O–H groups in total. The molecule has 0 bridgehead atoms. The summed E-state index contributed by atoms with van der Waals surface area (Å²) in [6, 6.07) is 11.1. The molecular formula is C21H21NO6. The van der Waals surface area contributed by atoms with E-state index in [0.717, 1.165) is 0 Å². The monoisotopic (exact) mass is 383 g/mol. The van der Waals surface area contributed by atoms with Crippen LogP contribution >= 0.6 is 0 Å². The highest BCUT2D eigenvalue weighted by Crippen LogP contribution is 2.42. The van der Waals surface area contributed by atoms with Gasteiger partial charge in [0.25, 0.3) is 11.7 Å². The van der Waals surface area contributed by atoms with E-state index in [1.807, 2.05) is 0 Å². The molecule has 28 heavy (non-hydrogen) atoms. The number of amides is 1.